The van der Waals surface area contributed by atoms with Gasteiger partial charge < -0.3 is 20.5 Å². The molecule has 33 heavy (non-hydrogen) atoms. The topological polar surface area (TPSA) is 120 Å². The first-order chi connectivity index (χ1) is 16.0. The lowest BCUT2D eigenvalue weighted by molar-refractivity contribution is -0.0498. The predicted molar refractivity (Wildman–Crippen MR) is 124 cm³/mol. The van der Waals surface area contributed by atoms with Crippen LogP contribution in [-0.4, -0.2) is 60.3 Å². The summed E-state index contributed by atoms with van der Waals surface area (Å²) in [6.07, 6.45) is 8.79. The van der Waals surface area contributed by atoms with E-state index < -0.39 is 5.60 Å². The molecule has 1 saturated carbocycles. The molecule has 3 aromatic heterocycles. The summed E-state index contributed by atoms with van der Waals surface area (Å²) in [5.41, 5.74) is 8.15. The van der Waals surface area contributed by atoms with Gasteiger partial charge >= 0.3 is 0 Å². The van der Waals surface area contributed by atoms with Crippen molar-refractivity contribution in [3.8, 4) is 5.75 Å². The minimum atomic E-state index is -0.588. The molecule has 0 spiro atoms. The van der Waals surface area contributed by atoms with Gasteiger partial charge in [0.15, 0.2) is 11.5 Å². The Morgan fingerprint density at radius 1 is 1.24 bits per heavy atom. The van der Waals surface area contributed by atoms with E-state index in [0.29, 0.717) is 18.1 Å². The Morgan fingerprint density at radius 3 is 2.91 bits per heavy atom. The van der Waals surface area contributed by atoms with Crippen LogP contribution >= 0.6 is 0 Å². The molecule has 2 fully saturated rings. The highest BCUT2D eigenvalue weighted by molar-refractivity contribution is 5.93. The summed E-state index contributed by atoms with van der Waals surface area (Å²) in [6.45, 7) is 2.33. The van der Waals surface area contributed by atoms with E-state index in [4.69, 9.17) is 20.6 Å². The smallest absolute Gasteiger partial charge is 0.223 e. The second-order valence-corrected chi connectivity index (χ2v) is 9.32. The molecule has 0 radical (unpaired) electrons. The molecular formula is C23H28N8O2. The lowest BCUT2D eigenvalue weighted by Crippen LogP contribution is -2.41. The summed E-state index contributed by atoms with van der Waals surface area (Å²) in [6, 6.07) is 5.71. The van der Waals surface area contributed by atoms with Crippen LogP contribution in [0.2, 0.25) is 0 Å². The molecule has 0 unspecified atom stereocenters. The third-order valence-electron chi connectivity index (χ3n) is 7.03. The molecule has 10 nitrogen and oxygen atoms in total. The largest absolute Gasteiger partial charge is 0.497 e. The van der Waals surface area contributed by atoms with Gasteiger partial charge in [0.05, 0.1) is 36.7 Å². The van der Waals surface area contributed by atoms with Gasteiger partial charge in [0.2, 0.25) is 5.95 Å². The van der Waals surface area contributed by atoms with Crippen LogP contribution in [0.5, 0.6) is 5.75 Å². The summed E-state index contributed by atoms with van der Waals surface area (Å²) in [5.74, 6) is 2.01. The van der Waals surface area contributed by atoms with Crippen LogP contribution in [0, 0.1) is 0 Å². The Bertz CT molecular complexity index is 1320. The number of fused-ring (bicyclic) bond motifs is 3. The zero-order valence-corrected chi connectivity index (χ0v) is 18.7. The number of piperidine rings is 1. The molecule has 0 bridgehead atoms. The number of hydrogen-bond donors (Lipinski definition) is 2. The molecule has 1 aliphatic carbocycles. The fraction of sp³-hybridized carbons (Fsp3) is 0.478. The number of aromatic nitrogens is 6. The van der Waals surface area contributed by atoms with Crippen molar-refractivity contribution in [1.29, 1.82) is 0 Å². The van der Waals surface area contributed by atoms with Gasteiger partial charge in [-0.25, -0.2) is 9.97 Å². The van der Waals surface area contributed by atoms with Crippen LogP contribution in [-0.2, 0) is 6.54 Å². The lowest BCUT2D eigenvalue weighted by Gasteiger charge is -2.36. The number of nitrogen functional groups attached to an aromatic ring is 1. The monoisotopic (exact) mass is 448 g/mol. The SMILES string of the molecule is COc1ccc2c(c1)nc(N)n1nc([C@@H]3CCCN(c4cnn(CC5(O)CCC5)c4)C3)nc21. The van der Waals surface area contributed by atoms with E-state index in [2.05, 4.69) is 15.0 Å². The number of benzene rings is 1. The molecule has 6 rings (SSSR count). The second-order valence-electron chi connectivity index (χ2n) is 9.32. The molecule has 1 saturated heterocycles. The Hall–Kier alpha value is -3.40. The van der Waals surface area contributed by atoms with E-state index in [1.807, 2.05) is 35.3 Å². The quantitative estimate of drug-likeness (QED) is 0.478. The van der Waals surface area contributed by atoms with Crippen LogP contribution in [0.25, 0.3) is 16.6 Å². The number of aliphatic hydroxyl groups is 1. The highest BCUT2D eigenvalue weighted by Crippen LogP contribution is 2.34. The van der Waals surface area contributed by atoms with Gasteiger partial charge in [0.1, 0.15) is 5.75 Å². The molecule has 4 aromatic rings. The third kappa shape index (κ3) is 3.54. The Morgan fingerprint density at radius 2 is 2.12 bits per heavy atom. The first-order valence-corrected chi connectivity index (χ1v) is 11.5. The van der Waals surface area contributed by atoms with E-state index in [-0.39, 0.29) is 5.92 Å². The first-order valence-electron chi connectivity index (χ1n) is 11.5. The molecule has 2 aliphatic rings. The Kier molecular flexibility index (Phi) is 4.65. The second kappa shape index (κ2) is 7.58. The van der Waals surface area contributed by atoms with E-state index in [9.17, 15) is 5.11 Å². The van der Waals surface area contributed by atoms with Crippen molar-refractivity contribution in [2.24, 2.45) is 0 Å². The minimum absolute atomic E-state index is 0.186. The van der Waals surface area contributed by atoms with Crippen LogP contribution in [0.4, 0.5) is 11.6 Å². The number of anilines is 2. The highest BCUT2D eigenvalue weighted by Gasteiger charge is 2.35. The van der Waals surface area contributed by atoms with Crippen molar-refractivity contribution in [3.05, 3.63) is 36.4 Å². The summed E-state index contributed by atoms with van der Waals surface area (Å²) in [4.78, 5) is 11.7. The van der Waals surface area contributed by atoms with Gasteiger partial charge in [-0.1, -0.05) is 0 Å². The molecule has 1 aliphatic heterocycles. The summed E-state index contributed by atoms with van der Waals surface area (Å²) < 4.78 is 8.82. The number of hydrogen-bond acceptors (Lipinski definition) is 8. The van der Waals surface area contributed by atoms with E-state index in [0.717, 1.165) is 73.4 Å². The summed E-state index contributed by atoms with van der Waals surface area (Å²) in [7, 11) is 1.63. The van der Waals surface area contributed by atoms with Crippen molar-refractivity contribution in [1.82, 2.24) is 29.4 Å². The van der Waals surface area contributed by atoms with E-state index >= 15 is 0 Å². The fourth-order valence-electron chi connectivity index (χ4n) is 5.00. The van der Waals surface area contributed by atoms with Gasteiger partial charge in [-0.3, -0.25) is 4.68 Å². The zero-order valence-electron chi connectivity index (χ0n) is 18.7. The fourth-order valence-corrected chi connectivity index (χ4v) is 5.00. The predicted octanol–water partition coefficient (Wildman–Crippen LogP) is 2.36. The van der Waals surface area contributed by atoms with Gasteiger partial charge in [-0.05, 0) is 44.2 Å². The number of nitrogens with two attached hydrogens (primary N) is 1. The van der Waals surface area contributed by atoms with Gasteiger partial charge in [0, 0.05) is 36.7 Å². The standard InChI is InChI=1S/C23H28N8O2/c1-33-17-5-6-18-19(10-17)26-22(24)31-21(18)27-20(28-31)15-4-2-9-29(12-15)16-11-25-30(13-16)14-23(32)7-3-8-23/h5-6,10-11,13,15,32H,2-4,7-9,12,14H2,1H3,(H2,24,26)/t15-/m1/s1. The molecular weight excluding hydrogens is 420 g/mol. The normalized spacial score (nSPS) is 20.3. The summed E-state index contributed by atoms with van der Waals surface area (Å²) in [5, 5.41) is 20.6. The third-order valence-corrected chi connectivity index (χ3v) is 7.03. The van der Waals surface area contributed by atoms with Crippen LogP contribution in [0.3, 0.4) is 0 Å². The molecule has 4 heterocycles. The number of methoxy groups -OCH3 is 1. The highest BCUT2D eigenvalue weighted by atomic mass is 16.5. The molecule has 172 valence electrons. The average Bonchev–Trinajstić information content (AvgIpc) is 3.46. The molecule has 3 N–H and O–H groups in total. The Labute approximate surface area is 191 Å². The number of nitrogens with zero attached hydrogens (tertiary/aromatic N) is 7. The zero-order chi connectivity index (χ0) is 22.6. The van der Waals surface area contributed by atoms with Crippen molar-refractivity contribution in [3.63, 3.8) is 0 Å². The lowest BCUT2D eigenvalue weighted by atomic mass is 9.80. The van der Waals surface area contributed by atoms with Crippen molar-refractivity contribution >= 4 is 28.2 Å². The molecule has 1 atom stereocenters. The van der Waals surface area contributed by atoms with Crippen LogP contribution in [0.1, 0.15) is 43.8 Å². The Balaban J connectivity index is 1.27. The van der Waals surface area contributed by atoms with Gasteiger partial charge in [-0.15, -0.1) is 5.10 Å². The van der Waals surface area contributed by atoms with Gasteiger partial charge in [0.25, 0.3) is 0 Å². The maximum atomic E-state index is 10.5. The van der Waals surface area contributed by atoms with Crippen LogP contribution in [0.15, 0.2) is 30.6 Å². The van der Waals surface area contributed by atoms with Crippen molar-refractivity contribution in [2.75, 3.05) is 30.8 Å². The molecule has 1 aromatic carbocycles. The molecule has 0 amide bonds. The summed E-state index contributed by atoms with van der Waals surface area (Å²) >= 11 is 0. The first kappa shape index (κ1) is 20.2. The van der Waals surface area contributed by atoms with E-state index in [1.165, 1.54) is 0 Å². The van der Waals surface area contributed by atoms with Crippen molar-refractivity contribution < 1.29 is 9.84 Å². The van der Waals surface area contributed by atoms with Crippen LogP contribution < -0.4 is 15.4 Å². The van der Waals surface area contributed by atoms with Gasteiger partial charge in [-0.2, -0.15) is 9.61 Å². The molecule has 10 heteroatoms. The number of ether oxygens (including phenoxy) is 1. The van der Waals surface area contributed by atoms with Crippen molar-refractivity contribution in [2.45, 2.75) is 50.2 Å². The maximum absolute atomic E-state index is 10.5. The van der Waals surface area contributed by atoms with E-state index in [1.54, 1.807) is 11.6 Å². The average molecular weight is 449 g/mol. The minimum Gasteiger partial charge on any atom is -0.497 e. The number of rotatable bonds is 5. The maximum Gasteiger partial charge on any atom is 0.223 e.